The normalized spacial score (nSPS) is 10.3. The second kappa shape index (κ2) is 3.35. The van der Waals surface area contributed by atoms with Crippen molar-refractivity contribution in [3.05, 3.63) is 15.0 Å². The van der Waals surface area contributed by atoms with Crippen LogP contribution in [0.3, 0.4) is 0 Å². The van der Waals surface area contributed by atoms with Crippen molar-refractivity contribution in [1.29, 1.82) is 0 Å². The fourth-order valence-corrected chi connectivity index (χ4v) is 2.10. The van der Waals surface area contributed by atoms with Gasteiger partial charge in [-0.3, -0.25) is 0 Å². The predicted octanol–water partition coefficient (Wildman–Crippen LogP) is 2.92. The average molecular weight is 176 g/mol. The zero-order valence-corrected chi connectivity index (χ0v) is 7.72. The van der Waals surface area contributed by atoms with E-state index in [-0.39, 0.29) is 0 Å². The van der Waals surface area contributed by atoms with Crippen LogP contribution in [-0.2, 0) is 12.8 Å². The summed E-state index contributed by atoms with van der Waals surface area (Å²) in [5, 5.41) is 0. The Hall–Kier alpha value is -0.0800. The summed E-state index contributed by atoms with van der Waals surface area (Å²) >= 11 is 7.32. The van der Waals surface area contributed by atoms with E-state index in [1.807, 2.05) is 0 Å². The standard InChI is InChI=1S/C7H10ClNS/c1-3-5-6(4-2)10-7(8)9-5/h3-4H2,1-2H3. The van der Waals surface area contributed by atoms with Gasteiger partial charge in [0.25, 0.3) is 0 Å². The molecular weight excluding hydrogens is 166 g/mol. The van der Waals surface area contributed by atoms with Crippen molar-refractivity contribution >= 4 is 22.9 Å². The van der Waals surface area contributed by atoms with Gasteiger partial charge in [0.15, 0.2) is 4.47 Å². The van der Waals surface area contributed by atoms with E-state index in [4.69, 9.17) is 11.6 Å². The van der Waals surface area contributed by atoms with E-state index in [0.717, 1.165) is 18.5 Å². The molecule has 1 aromatic heterocycles. The molecule has 0 atom stereocenters. The molecule has 3 heteroatoms. The molecule has 0 aromatic carbocycles. The summed E-state index contributed by atoms with van der Waals surface area (Å²) in [6, 6.07) is 0. The van der Waals surface area contributed by atoms with Gasteiger partial charge in [-0.25, -0.2) is 4.98 Å². The van der Waals surface area contributed by atoms with E-state index in [1.54, 1.807) is 11.3 Å². The lowest BCUT2D eigenvalue weighted by Crippen LogP contribution is -1.84. The first kappa shape index (κ1) is 8.02. The highest BCUT2D eigenvalue weighted by Crippen LogP contribution is 2.23. The smallest absolute Gasteiger partial charge is 0.184 e. The first-order valence-corrected chi connectivity index (χ1v) is 4.61. The van der Waals surface area contributed by atoms with Gasteiger partial charge in [0.1, 0.15) is 0 Å². The van der Waals surface area contributed by atoms with Gasteiger partial charge in [-0.05, 0) is 12.8 Å². The van der Waals surface area contributed by atoms with Crippen molar-refractivity contribution in [1.82, 2.24) is 4.98 Å². The Balaban J connectivity index is 2.96. The minimum atomic E-state index is 0.675. The fourth-order valence-electron chi connectivity index (χ4n) is 0.904. The van der Waals surface area contributed by atoms with Crippen LogP contribution in [0, 0.1) is 0 Å². The largest absolute Gasteiger partial charge is 0.230 e. The minimum absolute atomic E-state index is 0.675. The SMILES string of the molecule is CCc1nc(Cl)sc1CC. The van der Waals surface area contributed by atoms with Crippen LogP contribution in [0.25, 0.3) is 0 Å². The topological polar surface area (TPSA) is 12.9 Å². The first-order chi connectivity index (χ1) is 4.77. The fraction of sp³-hybridized carbons (Fsp3) is 0.571. The summed E-state index contributed by atoms with van der Waals surface area (Å²) in [5.41, 5.74) is 1.16. The molecule has 0 aliphatic carbocycles. The highest BCUT2D eigenvalue weighted by molar-refractivity contribution is 7.15. The molecular formula is C7H10ClNS. The average Bonchev–Trinajstić information content (AvgIpc) is 2.30. The van der Waals surface area contributed by atoms with E-state index in [0.29, 0.717) is 4.47 Å². The van der Waals surface area contributed by atoms with Crippen LogP contribution in [0.4, 0.5) is 0 Å². The third-order valence-corrected chi connectivity index (χ3v) is 2.75. The maximum Gasteiger partial charge on any atom is 0.184 e. The molecule has 0 bridgehead atoms. The van der Waals surface area contributed by atoms with Crippen molar-refractivity contribution < 1.29 is 0 Å². The van der Waals surface area contributed by atoms with Gasteiger partial charge in [0.2, 0.25) is 0 Å². The van der Waals surface area contributed by atoms with E-state index < -0.39 is 0 Å². The van der Waals surface area contributed by atoms with Crippen molar-refractivity contribution in [2.75, 3.05) is 0 Å². The maximum atomic E-state index is 5.73. The van der Waals surface area contributed by atoms with Crippen LogP contribution in [0.1, 0.15) is 24.4 Å². The number of rotatable bonds is 2. The molecule has 10 heavy (non-hydrogen) atoms. The second-order valence-corrected chi connectivity index (χ2v) is 3.71. The molecule has 0 aliphatic rings. The number of nitrogens with zero attached hydrogens (tertiary/aromatic N) is 1. The molecule has 0 N–H and O–H groups in total. The van der Waals surface area contributed by atoms with E-state index in [2.05, 4.69) is 18.8 Å². The van der Waals surface area contributed by atoms with Gasteiger partial charge in [0, 0.05) is 4.88 Å². The Kier molecular flexibility index (Phi) is 2.69. The van der Waals surface area contributed by atoms with E-state index >= 15 is 0 Å². The van der Waals surface area contributed by atoms with Crippen molar-refractivity contribution in [2.24, 2.45) is 0 Å². The molecule has 1 nitrogen and oxygen atoms in total. The van der Waals surface area contributed by atoms with Gasteiger partial charge >= 0.3 is 0 Å². The number of aromatic nitrogens is 1. The number of aryl methyl sites for hydroxylation is 2. The lowest BCUT2D eigenvalue weighted by atomic mass is 10.2. The summed E-state index contributed by atoms with van der Waals surface area (Å²) in [7, 11) is 0. The van der Waals surface area contributed by atoms with Gasteiger partial charge in [0.05, 0.1) is 5.69 Å². The lowest BCUT2D eigenvalue weighted by Gasteiger charge is -1.90. The Bertz CT molecular complexity index is 198. The predicted molar refractivity (Wildman–Crippen MR) is 45.9 cm³/mol. The summed E-state index contributed by atoms with van der Waals surface area (Å²) in [4.78, 5) is 5.51. The Morgan fingerprint density at radius 3 is 2.50 bits per heavy atom. The van der Waals surface area contributed by atoms with Gasteiger partial charge < -0.3 is 0 Å². The van der Waals surface area contributed by atoms with Crippen LogP contribution in [0.15, 0.2) is 0 Å². The van der Waals surface area contributed by atoms with Crippen LogP contribution < -0.4 is 0 Å². The van der Waals surface area contributed by atoms with Gasteiger partial charge in [-0.2, -0.15) is 0 Å². The molecule has 0 aliphatic heterocycles. The molecule has 0 saturated carbocycles. The van der Waals surface area contributed by atoms with Crippen molar-refractivity contribution in [3.8, 4) is 0 Å². The molecule has 0 radical (unpaired) electrons. The molecule has 0 fully saturated rings. The summed E-state index contributed by atoms with van der Waals surface area (Å²) < 4.78 is 0.675. The zero-order chi connectivity index (χ0) is 7.56. The molecule has 0 spiro atoms. The van der Waals surface area contributed by atoms with E-state index in [9.17, 15) is 0 Å². The summed E-state index contributed by atoms with van der Waals surface area (Å²) in [5.74, 6) is 0. The molecule has 1 heterocycles. The Morgan fingerprint density at radius 1 is 1.40 bits per heavy atom. The van der Waals surface area contributed by atoms with Crippen LogP contribution in [0.5, 0.6) is 0 Å². The monoisotopic (exact) mass is 175 g/mol. The Labute approximate surface area is 70.1 Å². The third-order valence-electron chi connectivity index (χ3n) is 1.41. The molecule has 56 valence electrons. The Morgan fingerprint density at radius 2 is 2.10 bits per heavy atom. The third kappa shape index (κ3) is 1.50. The highest BCUT2D eigenvalue weighted by Gasteiger charge is 2.04. The van der Waals surface area contributed by atoms with Crippen molar-refractivity contribution in [2.45, 2.75) is 26.7 Å². The summed E-state index contributed by atoms with van der Waals surface area (Å²) in [6.45, 7) is 4.23. The first-order valence-electron chi connectivity index (χ1n) is 3.42. The van der Waals surface area contributed by atoms with Crippen molar-refractivity contribution in [3.63, 3.8) is 0 Å². The highest BCUT2D eigenvalue weighted by atomic mass is 35.5. The molecule has 1 aromatic rings. The molecule has 0 unspecified atom stereocenters. The minimum Gasteiger partial charge on any atom is -0.230 e. The molecule has 1 rings (SSSR count). The zero-order valence-electron chi connectivity index (χ0n) is 6.15. The van der Waals surface area contributed by atoms with Gasteiger partial charge in [-0.1, -0.05) is 25.4 Å². The number of hydrogen-bond donors (Lipinski definition) is 0. The molecule has 0 amide bonds. The summed E-state index contributed by atoms with van der Waals surface area (Å²) in [6.07, 6.45) is 2.04. The van der Waals surface area contributed by atoms with Crippen LogP contribution >= 0.6 is 22.9 Å². The number of halogens is 1. The van der Waals surface area contributed by atoms with Gasteiger partial charge in [-0.15, -0.1) is 11.3 Å². The van der Waals surface area contributed by atoms with Crippen LogP contribution in [-0.4, -0.2) is 4.98 Å². The quantitative estimate of drug-likeness (QED) is 0.674. The maximum absolute atomic E-state index is 5.73. The number of thiazole rings is 1. The number of hydrogen-bond acceptors (Lipinski definition) is 2. The molecule has 0 saturated heterocycles. The lowest BCUT2D eigenvalue weighted by molar-refractivity contribution is 1.01. The second-order valence-electron chi connectivity index (χ2n) is 2.04. The van der Waals surface area contributed by atoms with E-state index in [1.165, 1.54) is 4.88 Å². The van der Waals surface area contributed by atoms with Crippen LogP contribution in [0.2, 0.25) is 4.47 Å².